The Morgan fingerprint density at radius 2 is 2.12 bits per heavy atom. The molecule has 24 heavy (non-hydrogen) atoms. The van der Waals surface area contributed by atoms with Crippen LogP contribution in [0.3, 0.4) is 0 Å². The highest BCUT2D eigenvalue weighted by Crippen LogP contribution is 2.53. The number of aromatic nitrogens is 3. The Balaban J connectivity index is 1.83. The van der Waals surface area contributed by atoms with Crippen LogP contribution in [0.25, 0.3) is 11.0 Å². The molecule has 8 heteroatoms. The first-order valence-electron chi connectivity index (χ1n) is 7.79. The molecule has 2 aromatic rings. The van der Waals surface area contributed by atoms with E-state index in [4.69, 9.17) is 21.1 Å². The monoisotopic (exact) mass is 351 g/mol. The van der Waals surface area contributed by atoms with Crippen molar-refractivity contribution in [3.63, 3.8) is 0 Å². The van der Waals surface area contributed by atoms with Crippen LogP contribution < -0.4 is 0 Å². The molecule has 4 atom stereocenters. The molecule has 0 amide bonds. The lowest BCUT2D eigenvalue weighted by molar-refractivity contribution is -0.178. The summed E-state index contributed by atoms with van der Waals surface area (Å²) in [5.74, 6) is -1.70. The maximum Gasteiger partial charge on any atom is 0.312 e. The molecular weight excluding hydrogens is 334 g/mol. The summed E-state index contributed by atoms with van der Waals surface area (Å²) in [5, 5.41) is 10.9. The third-order valence-corrected chi connectivity index (χ3v) is 5.38. The fourth-order valence-electron chi connectivity index (χ4n) is 3.90. The van der Waals surface area contributed by atoms with Crippen LogP contribution in [-0.4, -0.2) is 43.6 Å². The topological polar surface area (TPSA) is 86.5 Å². The van der Waals surface area contributed by atoms with E-state index in [-0.39, 0.29) is 12.1 Å². The van der Waals surface area contributed by atoms with Gasteiger partial charge < -0.3 is 19.1 Å². The van der Waals surface area contributed by atoms with Gasteiger partial charge in [-0.1, -0.05) is 11.6 Å². The van der Waals surface area contributed by atoms with E-state index in [0.29, 0.717) is 17.2 Å². The van der Waals surface area contributed by atoms with Crippen molar-refractivity contribution < 1.29 is 19.4 Å². The molecule has 7 nitrogen and oxygen atoms in total. The van der Waals surface area contributed by atoms with Crippen molar-refractivity contribution in [1.29, 1.82) is 0 Å². The predicted molar refractivity (Wildman–Crippen MR) is 85.8 cm³/mol. The Kier molecular flexibility index (Phi) is 3.23. The molecule has 0 bridgehead atoms. The zero-order chi connectivity index (χ0) is 17.3. The lowest BCUT2D eigenvalue weighted by atomic mass is 9.86. The average Bonchev–Trinajstić information content (AvgIpc) is 3.12. The summed E-state index contributed by atoms with van der Waals surface area (Å²) in [6, 6.07) is 1.63. The third kappa shape index (κ3) is 2.08. The summed E-state index contributed by atoms with van der Waals surface area (Å²) in [4.78, 5) is 20.2. The van der Waals surface area contributed by atoms with Gasteiger partial charge in [0.05, 0.1) is 16.8 Å². The molecule has 3 heterocycles. The molecule has 1 N–H and O–H groups in total. The highest BCUT2D eigenvalue weighted by Gasteiger charge is 2.63. The fraction of sp³-hybridized carbons (Fsp3) is 0.562. The highest BCUT2D eigenvalue weighted by atomic mass is 35.5. The van der Waals surface area contributed by atoms with Gasteiger partial charge in [0.25, 0.3) is 0 Å². The Hall–Kier alpha value is -1.70. The number of aliphatic carboxylic acids is 1. The molecule has 0 unspecified atom stereocenters. The number of fused-ring (bicyclic) bond motifs is 2. The molecule has 2 aromatic heterocycles. The van der Waals surface area contributed by atoms with Gasteiger partial charge in [-0.15, -0.1) is 0 Å². The first-order valence-corrected chi connectivity index (χ1v) is 8.17. The van der Waals surface area contributed by atoms with E-state index in [1.807, 2.05) is 16.8 Å². The average molecular weight is 352 g/mol. The maximum atomic E-state index is 11.9. The van der Waals surface area contributed by atoms with E-state index < -0.39 is 23.3 Å². The summed E-state index contributed by atoms with van der Waals surface area (Å²) in [6.07, 6.45) is 2.75. The van der Waals surface area contributed by atoms with Crippen molar-refractivity contribution in [2.24, 2.45) is 5.41 Å². The number of hydrogen-bond acceptors (Lipinski definition) is 5. The summed E-state index contributed by atoms with van der Waals surface area (Å²) < 4.78 is 13.9. The van der Waals surface area contributed by atoms with Gasteiger partial charge in [-0.25, -0.2) is 9.97 Å². The number of carbonyl (C=O) groups is 1. The van der Waals surface area contributed by atoms with Crippen LogP contribution in [0.2, 0.25) is 5.15 Å². The van der Waals surface area contributed by atoms with Gasteiger partial charge in [-0.2, -0.15) is 0 Å². The highest BCUT2D eigenvalue weighted by molar-refractivity contribution is 6.33. The molecule has 128 valence electrons. The Labute approximate surface area is 143 Å². The molecular formula is C16H18ClN3O4. The van der Waals surface area contributed by atoms with Crippen LogP contribution in [0, 0.1) is 5.41 Å². The maximum absolute atomic E-state index is 11.9. The first kappa shape index (κ1) is 15.8. The molecule has 0 spiro atoms. The smallest absolute Gasteiger partial charge is 0.312 e. The minimum atomic E-state index is -1.03. The van der Waals surface area contributed by atoms with Crippen molar-refractivity contribution in [3.05, 3.63) is 23.7 Å². The predicted octanol–water partition coefficient (Wildman–Crippen LogP) is 2.64. The number of hydrogen-bond donors (Lipinski definition) is 1. The summed E-state index contributed by atoms with van der Waals surface area (Å²) >= 11 is 6.13. The van der Waals surface area contributed by atoms with E-state index in [0.717, 1.165) is 5.39 Å². The van der Waals surface area contributed by atoms with Crippen LogP contribution in [0.15, 0.2) is 18.6 Å². The number of halogens is 1. The van der Waals surface area contributed by atoms with Gasteiger partial charge in [0.15, 0.2) is 5.79 Å². The van der Waals surface area contributed by atoms with E-state index >= 15 is 0 Å². The second-order valence-electron chi connectivity index (χ2n) is 7.14. The summed E-state index contributed by atoms with van der Waals surface area (Å²) in [6.45, 7) is 5.32. The van der Waals surface area contributed by atoms with Gasteiger partial charge in [0.2, 0.25) is 0 Å². The molecule has 2 fully saturated rings. The molecule has 1 saturated heterocycles. The van der Waals surface area contributed by atoms with Gasteiger partial charge in [0, 0.05) is 6.20 Å². The van der Waals surface area contributed by atoms with Crippen molar-refractivity contribution >= 4 is 28.6 Å². The van der Waals surface area contributed by atoms with E-state index in [1.54, 1.807) is 20.8 Å². The lowest BCUT2D eigenvalue weighted by Gasteiger charge is -2.28. The van der Waals surface area contributed by atoms with Crippen molar-refractivity contribution in [2.45, 2.75) is 51.2 Å². The molecule has 1 saturated carbocycles. The molecule has 2 aliphatic rings. The minimum absolute atomic E-state index is 0.207. The van der Waals surface area contributed by atoms with Crippen molar-refractivity contribution in [3.8, 4) is 0 Å². The van der Waals surface area contributed by atoms with Gasteiger partial charge in [0.1, 0.15) is 29.3 Å². The quantitative estimate of drug-likeness (QED) is 0.837. The summed E-state index contributed by atoms with van der Waals surface area (Å²) in [7, 11) is 0. The molecule has 1 aliphatic heterocycles. The second-order valence-corrected chi connectivity index (χ2v) is 7.50. The van der Waals surface area contributed by atoms with Gasteiger partial charge in [-0.05, 0) is 33.3 Å². The van der Waals surface area contributed by atoms with E-state index in [9.17, 15) is 9.90 Å². The number of carboxylic acids is 1. The number of rotatable bonds is 2. The van der Waals surface area contributed by atoms with E-state index in [1.165, 1.54) is 6.33 Å². The minimum Gasteiger partial charge on any atom is -0.481 e. The van der Waals surface area contributed by atoms with Gasteiger partial charge >= 0.3 is 5.97 Å². The Morgan fingerprint density at radius 1 is 1.38 bits per heavy atom. The largest absolute Gasteiger partial charge is 0.481 e. The Bertz CT molecular complexity index is 836. The molecule has 1 aliphatic carbocycles. The van der Waals surface area contributed by atoms with Crippen LogP contribution in [0.1, 0.15) is 33.2 Å². The second kappa shape index (κ2) is 4.91. The SMILES string of the molecule is CC1(C)O[C@H]2[C@H](n3ccc4c(Cl)ncnc43)C[C@](C)(C(=O)O)[C@H]2O1. The van der Waals surface area contributed by atoms with Crippen LogP contribution in [0.4, 0.5) is 0 Å². The van der Waals surface area contributed by atoms with E-state index in [2.05, 4.69) is 9.97 Å². The number of nitrogens with zero attached hydrogens (tertiary/aromatic N) is 3. The molecule has 0 aromatic carbocycles. The zero-order valence-electron chi connectivity index (χ0n) is 13.6. The lowest BCUT2D eigenvalue weighted by Crippen LogP contribution is -2.39. The zero-order valence-corrected chi connectivity index (χ0v) is 14.3. The van der Waals surface area contributed by atoms with Crippen LogP contribution in [-0.2, 0) is 14.3 Å². The van der Waals surface area contributed by atoms with Crippen molar-refractivity contribution in [2.75, 3.05) is 0 Å². The fourth-order valence-corrected chi connectivity index (χ4v) is 4.09. The Morgan fingerprint density at radius 3 is 2.83 bits per heavy atom. The first-order chi connectivity index (χ1) is 11.2. The van der Waals surface area contributed by atoms with Crippen LogP contribution in [0.5, 0.6) is 0 Å². The standard InChI is InChI=1S/C16H18ClN3O4/c1-15(2)23-10-9(6-16(3,14(21)22)11(10)24-15)20-5-4-8-12(17)18-7-19-13(8)20/h4-5,7,9-11H,6H2,1-3H3,(H,21,22)/t9-,10+,11+,16+/m1/s1. The van der Waals surface area contributed by atoms with Crippen LogP contribution >= 0.6 is 11.6 Å². The third-order valence-electron chi connectivity index (χ3n) is 5.08. The number of ether oxygens (including phenoxy) is 2. The molecule has 4 rings (SSSR count). The summed E-state index contributed by atoms with van der Waals surface area (Å²) in [5.41, 5.74) is -0.363. The molecule has 0 radical (unpaired) electrons. The van der Waals surface area contributed by atoms with Gasteiger partial charge in [-0.3, -0.25) is 4.79 Å². The number of carboxylic acid groups (broad SMARTS) is 1. The van der Waals surface area contributed by atoms with Crippen molar-refractivity contribution in [1.82, 2.24) is 14.5 Å². The normalized spacial score (nSPS) is 34.6.